The summed E-state index contributed by atoms with van der Waals surface area (Å²) in [4.78, 5) is 13.3. The molecule has 17 heavy (non-hydrogen) atoms. The van der Waals surface area contributed by atoms with E-state index in [1.54, 1.807) is 19.0 Å². The molecule has 0 radical (unpaired) electrons. The second kappa shape index (κ2) is 6.80. The zero-order valence-electron chi connectivity index (χ0n) is 10.6. The minimum absolute atomic E-state index is 0.0910. The molecule has 1 aromatic rings. The molecule has 0 aliphatic rings. The number of thioether (sulfide) groups is 1. The van der Waals surface area contributed by atoms with E-state index in [0.29, 0.717) is 0 Å². The number of carbonyl (C=O) groups excluding carboxylic acids is 1. The van der Waals surface area contributed by atoms with Gasteiger partial charge in [-0.25, -0.2) is 0 Å². The van der Waals surface area contributed by atoms with E-state index in [1.165, 1.54) is 23.1 Å². The number of carbonyl (C=O) groups is 1. The van der Waals surface area contributed by atoms with Gasteiger partial charge in [0, 0.05) is 20.6 Å². The fourth-order valence-corrected chi connectivity index (χ4v) is 3.19. The van der Waals surface area contributed by atoms with Gasteiger partial charge in [0.15, 0.2) is 4.34 Å². The molecule has 1 rings (SSSR count). The van der Waals surface area contributed by atoms with E-state index in [-0.39, 0.29) is 11.2 Å². The van der Waals surface area contributed by atoms with Gasteiger partial charge < -0.3 is 10.2 Å². The lowest BCUT2D eigenvalue weighted by Crippen LogP contribution is -2.29. The first-order valence-corrected chi connectivity index (χ1v) is 7.19. The number of hydrogen-bond donors (Lipinski definition) is 1. The Labute approximate surface area is 110 Å². The van der Waals surface area contributed by atoms with Crippen LogP contribution < -0.4 is 5.32 Å². The average molecular weight is 274 g/mol. The summed E-state index contributed by atoms with van der Waals surface area (Å²) in [5.41, 5.74) is 0. The molecule has 1 atom stereocenters. The molecule has 0 unspecified atom stereocenters. The molecule has 1 heterocycles. The molecule has 96 valence electrons. The lowest BCUT2D eigenvalue weighted by Gasteiger charge is -2.14. The molecule has 5 nitrogen and oxygen atoms in total. The molecule has 0 aliphatic carbocycles. The molecule has 7 heteroatoms. The third-order valence-electron chi connectivity index (χ3n) is 2.00. The normalized spacial score (nSPS) is 12.2. The van der Waals surface area contributed by atoms with E-state index < -0.39 is 0 Å². The van der Waals surface area contributed by atoms with Crippen molar-refractivity contribution in [1.82, 2.24) is 15.1 Å². The second-order valence-electron chi connectivity index (χ2n) is 3.79. The van der Waals surface area contributed by atoms with Crippen molar-refractivity contribution in [2.45, 2.75) is 29.9 Å². The summed E-state index contributed by atoms with van der Waals surface area (Å²) in [6, 6.07) is 0. The minimum Gasteiger partial charge on any atom is -0.360 e. The van der Waals surface area contributed by atoms with Crippen molar-refractivity contribution in [2.75, 3.05) is 26.0 Å². The third kappa shape index (κ3) is 4.51. The predicted molar refractivity (Wildman–Crippen MR) is 72.7 cm³/mol. The molecular weight excluding hydrogens is 256 g/mol. The summed E-state index contributed by atoms with van der Waals surface area (Å²) in [6.07, 6.45) is 1.05. The van der Waals surface area contributed by atoms with E-state index in [0.717, 1.165) is 22.4 Å². The van der Waals surface area contributed by atoms with Crippen molar-refractivity contribution in [3.05, 3.63) is 0 Å². The Morgan fingerprint density at radius 1 is 1.53 bits per heavy atom. The van der Waals surface area contributed by atoms with Gasteiger partial charge in [-0.3, -0.25) is 4.79 Å². The van der Waals surface area contributed by atoms with Crippen LogP contribution in [0.5, 0.6) is 0 Å². The largest absolute Gasteiger partial charge is 0.360 e. The Morgan fingerprint density at radius 3 is 2.82 bits per heavy atom. The van der Waals surface area contributed by atoms with Gasteiger partial charge in [-0.2, -0.15) is 0 Å². The Hall–Kier alpha value is -0.820. The smallest absolute Gasteiger partial charge is 0.235 e. The summed E-state index contributed by atoms with van der Waals surface area (Å²) in [7, 11) is 3.52. The highest BCUT2D eigenvalue weighted by Gasteiger charge is 2.18. The number of nitrogens with zero attached hydrogens (tertiary/aromatic N) is 3. The van der Waals surface area contributed by atoms with Gasteiger partial charge in [-0.15, -0.1) is 10.2 Å². The molecule has 1 amide bonds. The molecule has 0 aromatic carbocycles. The first-order valence-electron chi connectivity index (χ1n) is 5.49. The minimum atomic E-state index is -0.128. The zero-order chi connectivity index (χ0) is 12.8. The van der Waals surface area contributed by atoms with Crippen molar-refractivity contribution < 1.29 is 4.79 Å². The molecule has 0 saturated heterocycles. The standard InChI is InChI=1S/C10H18N4OS2/c1-5-6-11-9-12-13-10(17-9)16-7(2)8(15)14(3)4/h7H,5-6H2,1-4H3,(H,11,12)/t7-/m0/s1. The first kappa shape index (κ1) is 14.2. The summed E-state index contributed by atoms with van der Waals surface area (Å²) in [5, 5.41) is 11.9. The van der Waals surface area contributed by atoms with Crippen LogP contribution in [0.1, 0.15) is 20.3 Å². The fraction of sp³-hybridized carbons (Fsp3) is 0.700. The summed E-state index contributed by atoms with van der Waals surface area (Å²) in [5.74, 6) is 0.0910. The van der Waals surface area contributed by atoms with Crippen molar-refractivity contribution in [3.8, 4) is 0 Å². The van der Waals surface area contributed by atoms with Crippen molar-refractivity contribution in [1.29, 1.82) is 0 Å². The SMILES string of the molecule is CCCNc1nnc(S[C@@H](C)C(=O)N(C)C)s1. The van der Waals surface area contributed by atoms with Crippen LogP contribution in [-0.2, 0) is 4.79 Å². The molecular formula is C10H18N4OS2. The summed E-state index contributed by atoms with van der Waals surface area (Å²) >= 11 is 2.94. The van der Waals surface area contributed by atoms with Crippen LogP contribution in [0, 0.1) is 0 Å². The molecule has 0 spiro atoms. The van der Waals surface area contributed by atoms with Crippen LogP contribution in [0.2, 0.25) is 0 Å². The highest BCUT2D eigenvalue weighted by atomic mass is 32.2. The fourth-order valence-electron chi connectivity index (χ4n) is 1.13. The number of hydrogen-bond acceptors (Lipinski definition) is 6. The molecule has 0 fully saturated rings. The predicted octanol–water partition coefficient (Wildman–Crippen LogP) is 1.93. The number of nitrogens with one attached hydrogen (secondary N) is 1. The van der Waals surface area contributed by atoms with Gasteiger partial charge >= 0.3 is 0 Å². The number of aromatic nitrogens is 2. The van der Waals surface area contributed by atoms with Crippen LogP contribution in [0.15, 0.2) is 4.34 Å². The Morgan fingerprint density at radius 2 is 2.24 bits per heavy atom. The lowest BCUT2D eigenvalue weighted by molar-refractivity contribution is -0.127. The van der Waals surface area contributed by atoms with Gasteiger partial charge in [0.25, 0.3) is 0 Å². The van der Waals surface area contributed by atoms with Gasteiger partial charge in [0.2, 0.25) is 11.0 Å². The average Bonchev–Trinajstić information content (AvgIpc) is 2.72. The number of anilines is 1. The van der Waals surface area contributed by atoms with Crippen LogP contribution in [0.25, 0.3) is 0 Å². The monoisotopic (exact) mass is 274 g/mol. The second-order valence-corrected chi connectivity index (χ2v) is 6.36. The highest BCUT2D eigenvalue weighted by Crippen LogP contribution is 2.29. The molecule has 1 aromatic heterocycles. The lowest BCUT2D eigenvalue weighted by atomic mass is 10.4. The zero-order valence-corrected chi connectivity index (χ0v) is 12.2. The third-order valence-corrected chi connectivity index (χ3v) is 4.05. The first-order chi connectivity index (χ1) is 8.04. The van der Waals surface area contributed by atoms with Gasteiger partial charge in [0.1, 0.15) is 0 Å². The molecule has 0 aliphatic heterocycles. The van der Waals surface area contributed by atoms with Crippen LogP contribution in [-0.4, -0.2) is 46.9 Å². The molecule has 1 N–H and O–H groups in total. The van der Waals surface area contributed by atoms with E-state index >= 15 is 0 Å². The van der Waals surface area contributed by atoms with E-state index in [2.05, 4.69) is 22.4 Å². The van der Waals surface area contributed by atoms with Gasteiger partial charge in [-0.1, -0.05) is 30.0 Å². The van der Waals surface area contributed by atoms with Crippen LogP contribution >= 0.6 is 23.1 Å². The van der Waals surface area contributed by atoms with Crippen molar-refractivity contribution >= 4 is 34.1 Å². The van der Waals surface area contributed by atoms with Crippen LogP contribution in [0.3, 0.4) is 0 Å². The van der Waals surface area contributed by atoms with Crippen molar-refractivity contribution in [2.24, 2.45) is 0 Å². The van der Waals surface area contributed by atoms with E-state index in [4.69, 9.17) is 0 Å². The Kier molecular flexibility index (Phi) is 5.70. The maximum atomic E-state index is 11.7. The summed E-state index contributed by atoms with van der Waals surface area (Å²) in [6.45, 7) is 4.88. The van der Waals surface area contributed by atoms with Gasteiger partial charge in [-0.05, 0) is 13.3 Å². The van der Waals surface area contributed by atoms with Gasteiger partial charge in [0.05, 0.1) is 5.25 Å². The highest BCUT2D eigenvalue weighted by molar-refractivity contribution is 8.02. The quantitative estimate of drug-likeness (QED) is 0.803. The Balaban J connectivity index is 2.51. The maximum Gasteiger partial charge on any atom is 0.235 e. The molecule has 0 bridgehead atoms. The topological polar surface area (TPSA) is 58.1 Å². The molecule has 0 saturated carbocycles. The van der Waals surface area contributed by atoms with E-state index in [1.807, 2.05) is 6.92 Å². The van der Waals surface area contributed by atoms with Crippen LogP contribution in [0.4, 0.5) is 5.13 Å². The number of amides is 1. The van der Waals surface area contributed by atoms with E-state index in [9.17, 15) is 4.79 Å². The van der Waals surface area contributed by atoms with Crippen molar-refractivity contribution in [3.63, 3.8) is 0 Å². The number of rotatable bonds is 6. The summed E-state index contributed by atoms with van der Waals surface area (Å²) < 4.78 is 0.825. The maximum absolute atomic E-state index is 11.7. The Bertz CT molecular complexity index is 367.